The van der Waals surface area contributed by atoms with Crippen LogP contribution >= 0.6 is 0 Å². The molecule has 1 heterocycles. The molecule has 6 heteroatoms. The second-order valence-corrected chi connectivity index (χ2v) is 7.58. The van der Waals surface area contributed by atoms with Crippen LogP contribution in [0, 0.1) is 11.7 Å². The first-order chi connectivity index (χ1) is 9.95. The molecule has 1 atom stereocenters. The van der Waals surface area contributed by atoms with Gasteiger partial charge in [-0.1, -0.05) is 19.8 Å². The Morgan fingerprint density at radius 1 is 1.33 bits per heavy atom. The van der Waals surface area contributed by atoms with Crippen LogP contribution in [0.2, 0.25) is 0 Å². The highest BCUT2D eigenvalue weighted by atomic mass is 32.2. The number of nitrogen functional groups attached to an aromatic ring is 1. The van der Waals surface area contributed by atoms with Gasteiger partial charge >= 0.3 is 0 Å². The average Bonchev–Trinajstić information content (AvgIpc) is 2.65. The van der Waals surface area contributed by atoms with Crippen LogP contribution in [0.5, 0.6) is 0 Å². The lowest BCUT2D eigenvalue weighted by atomic mass is 9.96. The first-order valence-corrected chi connectivity index (χ1v) is 8.94. The number of hydrogen-bond acceptors (Lipinski definition) is 3. The summed E-state index contributed by atoms with van der Waals surface area (Å²) in [4.78, 5) is 0.0119. The van der Waals surface area contributed by atoms with Crippen molar-refractivity contribution in [3.63, 3.8) is 0 Å². The van der Waals surface area contributed by atoms with Crippen molar-refractivity contribution in [3.8, 4) is 0 Å². The molecular formula is C15H23FN2O2S. The van der Waals surface area contributed by atoms with Gasteiger partial charge in [-0.3, -0.25) is 0 Å². The van der Waals surface area contributed by atoms with Crippen LogP contribution in [0.1, 0.15) is 39.0 Å². The molecule has 4 nitrogen and oxygen atoms in total. The van der Waals surface area contributed by atoms with Gasteiger partial charge in [0.05, 0.1) is 5.69 Å². The van der Waals surface area contributed by atoms with E-state index in [0.717, 1.165) is 44.2 Å². The molecule has 1 aromatic carbocycles. The zero-order valence-electron chi connectivity index (χ0n) is 12.4. The number of sulfonamides is 1. The van der Waals surface area contributed by atoms with Crippen LogP contribution in [0.4, 0.5) is 10.1 Å². The molecule has 2 N–H and O–H groups in total. The smallest absolute Gasteiger partial charge is 0.245 e. The van der Waals surface area contributed by atoms with E-state index in [1.54, 1.807) is 0 Å². The van der Waals surface area contributed by atoms with Crippen LogP contribution in [0.3, 0.4) is 0 Å². The monoisotopic (exact) mass is 314 g/mol. The minimum absolute atomic E-state index is 0.0119. The molecule has 0 amide bonds. The fourth-order valence-electron chi connectivity index (χ4n) is 2.97. The summed E-state index contributed by atoms with van der Waals surface area (Å²) >= 11 is 0. The van der Waals surface area contributed by atoms with Crippen molar-refractivity contribution in [2.75, 3.05) is 18.8 Å². The normalized spacial score (nSPS) is 21.1. The Balaban J connectivity index is 2.19. The maximum Gasteiger partial charge on any atom is 0.245 e. The first kappa shape index (κ1) is 16.2. The molecule has 0 radical (unpaired) electrons. The Morgan fingerprint density at radius 3 is 2.76 bits per heavy atom. The predicted octanol–water partition coefficient (Wildman–Crippen LogP) is 3.00. The van der Waals surface area contributed by atoms with E-state index < -0.39 is 15.8 Å². The molecule has 1 saturated heterocycles. The van der Waals surface area contributed by atoms with Crippen molar-refractivity contribution >= 4 is 15.7 Å². The van der Waals surface area contributed by atoms with Gasteiger partial charge in [0.25, 0.3) is 0 Å². The van der Waals surface area contributed by atoms with E-state index in [-0.39, 0.29) is 10.6 Å². The molecule has 1 aromatic rings. The van der Waals surface area contributed by atoms with Crippen molar-refractivity contribution in [1.82, 2.24) is 4.31 Å². The van der Waals surface area contributed by atoms with Gasteiger partial charge < -0.3 is 5.73 Å². The standard InChI is InChI=1S/C15H23FN2O2S/c1-2-4-12-5-3-9-18(10-8-12)21(19,20)15-7-6-13(16)11-14(15)17/h6-7,11-12H,2-5,8-10,17H2,1H3. The molecule has 2 rings (SSSR count). The van der Waals surface area contributed by atoms with Crippen LogP contribution in [0.25, 0.3) is 0 Å². The predicted molar refractivity (Wildman–Crippen MR) is 81.8 cm³/mol. The van der Waals surface area contributed by atoms with Gasteiger partial charge in [-0.25, -0.2) is 12.8 Å². The third-order valence-corrected chi connectivity index (χ3v) is 6.07. The largest absolute Gasteiger partial charge is 0.398 e. The summed E-state index contributed by atoms with van der Waals surface area (Å²) in [5.41, 5.74) is 5.66. The Kier molecular flexibility index (Phi) is 5.22. The van der Waals surface area contributed by atoms with E-state index in [4.69, 9.17) is 5.73 Å². The van der Waals surface area contributed by atoms with Crippen molar-refractivity contribution in [2.45, 2.75) is 43.9 Å². The van der Waals surface area contributed by atoms with Gasteiger partial charge in [-0.05, 0) is 43.4 Å². The molecular weight excluding hydrogens is 291 g/mol. The number of rotatable bonds is 4. The molecule has 0 aliphatic carbocycles. The van der Waals surface area contributed by atoms with Crippen LogP contribution < -0.4 is 5.73 Å². The van der Waals surface area contributed by atoms with Gasteiger partial charge in [0, 0.05) is 13.1 Å². The van der Waals surface area contributed by atoms with Gasteiger partial charge in [-0.15, -0.1) is 0 Å². The van der Waals surface area contributed by atoms with Gasteiger partial charge in [0.1, 0.15) is 10.7 Å². The van der Waals surface area contributed by atoms with E-state index in [9.17, 15) is 12.8 Å². The maximum atomic E-state index is 13.1. The summed E-state index contributed by atoms with van der Waals surface area (Å²) < 4.78 is 39.9. The molecule has 0 aromatic heterocycles. The van der Waals surface area contributed by atoms with E-state index in [1.807, 2.05) is 0 Å². The zero-order chi connectivity index (χ0) is 15.5. The second-order valence-electron chi connectivity index (χ2n) is 5.67. The lowest BCUT2D eigenvalue weighted by Crippen LogP contribution is -2.32. The van der Waals surface area contributed by atoms with E-state index in [2.05, 4.69) is 6.92 Å². The van der Waals surface area contributed by atoms with Crippen LogP contribution in [-0.2, 0) is 10.0 Å². The van der Waals surface area contributed by atoms with Gasteiger partial charge in [0.2, 0.25) is 10.0 Å². The maximum absolute atomic E-state index is 13.1. The molecule has 0 saturated carbocycles. The summed E-state index contributed by atoms with van der Waals surface area (Å²) in [6.45, 7) is 3.18. The van der Waals surface area contributed by atoms with Gasteiger partial charge in [0.15, 0.2) is 0 Å². The molecule has 0 bridgehead atoms. The fraction of sp³-hybridized carbons (Fsp3) is 0.600. The average molecular weight is 314 g/mol. The second kappa shape index (κ2) is 6.75. The molecule has 0 spiro atoms. The zero-order valence-corrected chi connectivity index (χ0v) is 13.2. The summed E-state index contributed by atoms with van der Waals surface area (Å²) in [6.07, 6.45) is 5.09. The topological polar surface area (TPSA) is 63.4 Å². The Bertz CT molecular complexity index is 589. The molecule has 1 fully saturated rings. The minimum Gasteiger partial charge on any atom is -0.398 e. The highest BCUT2D eigenvalue weighted by Crippen LogP contribution is 2.28. The Morgan fingerprint density at radius 2 is 2.10 bits per heavy atom. The Hall–Kier alpha value is -1.14. The highest BCUT2D eigenvalue weighted by Gasteiger charge is 2.28. The summed E-state index contributed by atoms with van der Waals surface area (Å²) in [7, 11) is -3.63. The molecule has 118 valence electrons. The number of nitrogens with zero attached hydrogens (tertiary/aromatic N) is 1. The SMILES string of the molecule is CCCC1CCCN(S(=O)(=O)c2ccc(F)cc2N)CC1. The molecule has 1 unspecified atom stereocenters. The van der Waals surface area contributed by atoms with E-state index in [1.165, 1.54) is 10.4 Å². The third-order valence-electron chi connectivity index (χ3n) is 4.09. The highest BCUT2D eigenvalue weighted by molar-refractivity contribution is 7.89. The number of nitrogens with two attached hydrogens (primary N) is 1. The van der Waals surface area contributed by atoms with Crippen molar-refractivity contribution in [3.05, 3.63) is 24.0 Å². The van der Waals surface area contributed by atoms with Crippen molar-refractivity contribution < 1.29 is 12.8 Å². The van der Waals surface area contributed by atoms with Crippen LogP contribution in [0.15, 0.2) is 23.1 Å². The number of benzene rings is 1. The van der Waals surface area contributed by atoms with E-state index >= 15 is 0 Å². The summed E-state index contributed by atoms with van der Waals surface area (Å²) in [5.74, 6) is 0.0751. The lowest BCUT2D eigenvalue weighted by Gasteiger charge is -2.21. The fourth-order valence-corrected chi connectivity index (χ4v) is 4.56. The number of halogens is 1. The quantitative estimate of drug-likeness (QED) is 0.869. The van der Waals surface area contributed by atoms with Crippen molar-refractivity contribution in [2.24, 2.45) is 5.92 Å². The summed E-state index contributed by atoms with van der Waals surface area (Å²) in [5, 5.41) is 0. The molecule has 1 aliphatic heterocycles. The van der Waals surface area contributed by atoms with Crippen molar-refractivity contribution in [1.29, 1.82) is 0 Å². The first-order valence-electron chi connectivity index (χ1n) is 7.50. The van der Waals surface area contributed by atoms with Gasteiger partial charge in [-0.2, -0.15) is 4.31 Å². The number of anilines is 1. The minimum atomic E-state index is -3.63. The Labute approximate surface area is 126 Å². The summed E-state index contributed by atoms with van der Waals surface area (Å²) in [6, 6.07) is 3.46. The van der Waals surface area contributed by atoms with E-state index in [0.29, 0.717) is 19.0 Å². The third kappa shape index (κ3) is 3.74. The molecule has 1 aliphatic rings. The number of hydrogen-bond donors (Lipinski definition) is 1. The van der Waals surface area contributed by atoms with Crippen LogP contribution in [-0.4, -0.2) is 25.8 Å². The molecule has 21 heavy (non-hydrogen) atoms. The lowest BCUT2D eigenvalue weighted by molar-refractivity contribution is 0.400.